The number of carbonyl (C=O) groups is 1. The van der Waals surface area contributed by atoms with Gasteiger partial charge in [0.25, 0.3) is 10.0 Å². The summed E-state index contributed by atoms with van der Waals surface area (Å²) in [5, 5.41) is 0. The summed E-state index contributed by atoms with van der Waals surface area (Å²) in [5.74, 6) is 0.283. The fraction of sp³-hybridized carbons (Fsp3) is 0.231. The Hall–Kier alpha value is -3.65. The monoisotopic (exact) mass is 477 g/mol. The highest BCUT2D eigenvalue weighted by Gasteiger charge is 2.34. The normalized spacial score (nSPS) is 12.4. The zero-order chi connectivity index (χ0) is 24.3. The number of fused-ring (bicyclic) bond motifs is 1. The molecule has 0 spiro atoms. The number of nitrogens with zero attached hydrogens (tertiary/aromatic N) is 3. The lowest BCUT2D eigenvalue weighted by atomic mass is 10.2. The van der Waals surface area contributed by atoms with Crippen LogP contribution in [-0.2, 0) is 26.1 Å². The second-order valence-electron chi connectivity index (χ2n) is 7.94. The van der Waals surface area contributed by atoms with Crippen molar-refractivity contribution < 1.29 is 17.9 Å². The zero-order valence-electron chi connectivity index (χ0n) is 19.4. The predicted octanol–water partition coefficient (Wildman–Crippen LogP) is 4.54. The van der Waals surface area contributed by atoms with Crippen molar-refractivity contribution in [1.29, 1.82) is 0 Å². The number of ether oxygens (including phenoxy) is 1. The first-order valence-electron chi connectivity index (χ1n) is 11.1. The lowest BCUT2D eigenvalue weighted by Gasteiger charge is -2.29. The lowest BCUT2D eigenvalue weighted by molar-refractivity contribution is -0.144. The maximum Gasteiger partial charge on any atom is 0.329 e. The van der Waals surface area contributed by atoms with Gasteiger partial charge in [-0.2, -0.15) is 0 Å². The number of benzene rings is 3. The van der Waals surface area contributed by atoms with Crippen LogP contribution in [-0.4, -0.2) is 36.6 Å². The number of hydrogen-bond acceptors (Lipinski definition) is 5. The summed E-state index contributed by atoms with van der Waals surface area (Å²) < 4.78 is 35.6. The Morgan fingerprint density at radius 2 is 1.65 bits per heavy atom. The molecular weight excluding hydrogens is 450 g/mol. The SMILES string of the molecule is CCOC(=O)[C@H](C)N(c1ccccc1)S(=O)(=O)c1ccc(Cn2c(C)nc3ccccc32)cc1. The maximum atomic E-state index is 13.6. The number of carbonyl (C=O) groups excluding carboxylic acids is 1. The Morgan fingerprint density at radius 3 is 2.32 bits per heavy atom. The van der Waals surface area contributed by atoms with Crippen molar-refractivity contribution in [3.8, 4) is 0 Å². The molecule has 0 saturated carbocycles. The van der Waals surface area contributed by atoms with Gasteiger partial charge < -0.3 is 9.30 Å². The van der Waals surface area contributed by atoms with E-state index in [-0.39, 0.29) is 11.5 Å². The molecule has 0 unspecified atom stereocenters. The molecule has 34 heavy (non-hydrogen) atoms. The van der Waals surface area contributed by atoms with Crippen LogP contribution in [0.1, 0.15) is 25.2 Å². The molecule has 8 heteroatoms. The molecule has 7 nitrogen and oxygen atoms in total. The van der Waals surface area contributed by atoms with Gasteiger partial charge in [0.1, 0.15) is 11.9 Å². The molecule has 0 N–H and O–H groups in total. The fourth-order valence-electron chi connectivity index (χ4n) is 3.96. The molecule has 0 fully saturated rings. The van der Waals surface area contributed by atoms with E-state index in [0.717, 1.165) is 26.7 Å². The Labute approximate surface area is 199 Å². The first-order valence-corrected chi connectivity index (χ1v) is 12.5. The van der Waals surface area contributed by atoms with Gasteiger partial charge in [-0.1, -0.05) is 42.5 Å². The quantitative estimate of drug-likeness (QED) is 0.348. The van der Waals surface area contributed by atoms with Crippen molar-refractivity contribution >= 4 is 32.7 Å². The standard InChI is InChI=1S/C26H27N3O4S/c1-4-33-26(30)19(2)29(22-10-6-5-7-11-22)34(31,32)23-16-14-21(15-17-23)18-28-20(3)27-24-12-8-9-13-25(24)28/h5-17,19H,4,18H2,1-3H3/t19-/m0/s1. The highest BCUT2D eigenvalue weighted by Crippen LogP contribution is 2.27. The largest absolute Gasteiger partial charge is 0.464 e. The van der Waals surface area contributed by atoms with Crippen LogP contribution in [0.25, 0.3) is 11.0 Å². The third-order valence-corrected chi connectivity index (χ3v) is 7.57. The van der Waals surface area contributed by atoms with Crippen molar-refractivity contribution in [2.75, 3.05) is 10.9 Å². The Kier molecular flexibility index (Phi) is 6.70. The molecular formula is C26H27N3O4S. The lowest BCUT2D eigenvalue weighted by Crippen LogP contribution is -2.44. The van der Waals surface area contributed by atoms with Crippen molar-refractivity contribution in [2.24, 2.45) is 0 Å². The van der Waals surface area contributed by atoms with E-state index in [2.05, 4.69) is 9.55 Å². The number of anilines is 1. The van der Waals surface area contributed by atoms with E-state index in [1.807, 2.05) is 31.2 Å². The second-order valence-corrected chi connectivity index (χ2v) is 9.76. The summed E-state index contributed by atoms with van der Waals surface area (Å²) >= 11 is 0. The number of sulfonamides is 1. The van der Waals surface area contributed by atoms with Gasteiger partial charge in [0, 0.05) is 6.54 Å². The first kappa shape index (κ1) is 23.5. The van der Waals surface area contributed by atoms with Gasteiger partial charge in [-0.15, -0.1) is 0 Å². The summed E-state index contributed by atoms with van der Waals surface area (Å²) in [6, 6.07) is 22.2. The zero-order valence-corrected chi connectivity index (χ0v) is 20.2. The van der Waals surface area contributed by atoms with E-state index >= 15 is 0 Å². The van der Waals surface area contributed by atoms with E-state index in [1.165, 1.54) is 6.92 Å². The summed E-state index contributed by atoms with van der Waals surface area (Å²) in [5.41, 5.74) is 3.28. The molecule has 0 bridgehead atoms. The van der Waals surface area contributed by atoms with E-state index in [9.17, 15) is 13.2 Å². The third-order valence-electron chi connectivity index (χ3n) is 5.66. The van der Waals surface area contributed by atoms with E-state index < -0.39 is 22.0 Å². The molecule has 176 valence electrons. The van der Waals surface area contributed by atoms with Crippen molar-refractivity contribution in [3.63, 3.8) is 0 Å². The van der Waals surface area contributed by atoms with E-state index in [4.69, 9.17) is 4.74 Å². The number of aryl methyl sites for hydroxylation is 1. The van der Waals surface area contributed by atoms with Crippen LogP contribution in [0.4, 0.5) is 5.69 Å². The summed E-state index contributed by atoms with van der Waals surface area (Å²) in [4.78, 5) is 17.2. The molecule has 4 rings (SSSR count). The average molecular weight is 478 g/mol. The molecule has 4 aromatic rings. The van der Waals surface area contributed by atoms with Crippen LogP contribution in [0, 0.1) is 6.92 Å². The van der Waals surface area contributed by atoms with Gasteiger partial charge in [-0.3, -0.25) is 4.31 Å². The molecule has 0 amide bonds. The maximum absolute atomic E-state index is 13.6. The highest BCUT2D eigenvalue weighted by atomic mass is 32.2. The molecule has 1 atom stereocenters. The number of imidazole rings is 1. The van der Waals surface area contributed by atoms with E-state index in [1.54, 1.807) is 61.5 Å². The highest BCUT2D eigenvalue weighted by molar-refractivity contribution is 7.92. The van der Waals surface area contributed by atoms with Crippen LogP contribution in [0.15, 0.2) is 83.8 Å². The molecule has 3 aromatic carbocycles. The average Bonchev–Trinajstić information content (AvgIpc) is 3.15. The Balaban J connectivity index is 1.66. The molecule has 1 aromatic heterocycles. The fourth-order valence-corrected chi connectivity index (χ4v) is 5.57. The van der Waals surface area contributed by atoms with Crippen molar-refractivity contribution in [3.05, 3.63) is 90.3 Å². The minimum Gasteiger partial charge on any atom is -0.464 e. The topological polar surface area (TPSA) is 81.5 Å². The van der Waals surface area contributed by atoms with Crippen molar-refractivity contribution in [1.82, 2.24) is 9.55 Å². The van der Waals surface area contributed by atoms with E-state index in [0.29, 0.717) is 12.2 Å². The van der Waals surface area contributed by atoms with Gasteiger partial charge in [0.2, 0.25) is 0 Å². The number of aromatic nitrogens is 2. The Bertz CT molecular complexity index is 1400. The van der Waals surface area contributed by atoms with Crippen LogP contribution >= 0.6 is 0 Å². The Morgan fingerprint density at radius 1 is 1.00 bits per heavy atom. The molecule has 0 saturated heterocycles. The minimum absolute atomic E-state index is 0.100. The van der Waals surface area contributed by atoms with Gasteiger partial charge in [0.15, 0.2) is 0 Å². The number of esters is 1. The number of hydrogen-bond donors (Lipinski definition) is 0. The number of para-hydroxylation sites is 3. The van der Waals surface area contributed by atoms with Gasteiger partial charge in [-0.25, -0.2) is 18.2 Å². The van der Waals surface area contributed by atoms with Gasteiger partial charge in [0.05, 0.1) is 28.2 Å². The molecule has 0 aliphatic carbocycles. The number of rotatable bonds is 8. The smallest absolute Gasteiger partial charge is 0.329 e. The summed E-state index contributed by atoms with van der Waals surface area (Å²) in [6.45, 7) is 5.91. The van der Waals surface area contributed by atoms with Crippen LogP contribution in [0.3, 0.4) is 0 Å². The second kappa shape index (κ2) is 9.69. The molecule has 0 aliphatic rings. The van der Waals surface area contributed by atoms with Gasteiger partial charge >= 0.3 is 5.97 Å². The molecule has 0 radical (unpaired) electrons. The van der Waals surface area contributed by atoms with Crippen LogP contribution in [0.2, 0.25) is 0 Å². The van der Waals surface area contributed by atoms with Crippen LogP contribution in [0.5, 0.6) is 0 Å². The summed E-state index contributed by atoms with van der Waals surface area (Å²) in [7, 11) is -4.02. The molecule has 1 heterocycles. The minimum atomic E-state index is -4.02. The summed E-state index contributed by atoms with van der Waals surface area (Å²) in [6.07, 6.45) is 0. The van der Waals surface area contributed by atoms with Crippen molar-refractivity contribution in [2.45, 2.75) is 38.3 Å². The molecule has 0 aliphatic heterocycles. The van der Waals surface area contributed by atoms with Gasteiger partial charge in [-0.05, 0) is 62.7 Å². The predicted molar refractivity (Wildman–Crippen MR) is 132 cm³/mol. The third kappa shape index (κ3) is 4.54. The first-order chi connectivity index (χ1) is 16.3. The van der Waals surface area contributed by atoms with Crippen LogP contribution < -0.4 is 4.31 Å².